The van der Waals surface area contributed by atoms with Gasteiger partial charge in [0.05, 0.1) is 5.69 Å². The number of halogens is 1. The predicted molar refractivity (Wildman–Crippen MR) is 76.8 cm³/mol. The molecule has 0 aliphatic rings. The molecular formula is C15H17FN4. The van der Waals surface area contributed by atoms with Crippen molar-refractivity contribution in [2.75, 3.05) is 7.05 Å². The molecule has 4 nitrogen and oxygen atoms in total. The number of aromatic nitrogens is 1. The molecule has 0 radical (unpaired) electrons. The van der Waals surface area contributed by atoms with Crippen LogP contribution in [0.25, 0.3) is 0 Å². The van der Waals surface area contributed by atoms with Crippen molar-refractivity contribution in [2.24, 2.45) is 5.73 Å². The Morgan fingerprint density at radius 3 is 2.75 bits per heavy atom. The van der Waals surface area contributed by atoms with Crippen LogP contribution in [0.4, 0.5) is 4.39 Å². The van der Waals surface area contributed by atoms with Gasteiger partial charge < -0.3 is 5.73 Å². The lowest BCUT2D eigenvalue weighted by Crippen LogP contribution is -2.21. The van der Waals surface area contributed by atoms with E-state index in [-0.39, 0.29) is 11.7 Å². The Kier molecular flexibility index (Phi) is 4.42. The Bertz CT molecular complexity index is 598. The van der Waals surface area contributed by atoms with Crippen molar-refractivity contribution in [3.63, 3.8) is 0 Å². The lowest BCUT2D eigenvalue weighted by Gasteiger charge is -2.18. The second kappa shape index (κ2) is 6.25. The average molecular weight is 272 g/mol. The fourth-order valence-electron chi connectivity index (χ4n) is 2.05. The minimum absolute atomic E-state index is 0.120. The van der Waals surface area contributed by atoms with Crippen LogP contribution in [0.15, 0.2) is 42.6 Å². The molecule has 104 valence electrons. The van der Waals surface area contributed by atoms with Crippen molar-refractivity contribution >= 4 is 5.84 Å². The van der Waals surface area contributed by atoms with Gasteiger partial charge in [-0.1, -0.05) is 12.1 Å². The van der Waals surface area contributed by atoms with Crippen molar-refractivity contribution in [1.82, 2.24) is 9.88 Å². The van der Waals surface area contributed by atoms with Gasteiger partial charge in [-0.3, -0.25) is 15.3 Å². The van der Waals surface area contributed by atoms with Crippen molar-refractivity contribution in [2.45, 2.75) is 13.1 Å². The first-order chi connectivity index (χ1) is 9.56. The second-order valence-corrected chi connectivity index (χ2v) is 4.71. The summed E-state index contributed by atoms with van der Waals surface area (Å²) in [7, 11) is 1.95. The lowest BCUT2D eigenvalue weighted by atomic mass is 10.1. The number of amidine groups is 1. The third-order valence-corrected chi connectivity index (χ3v) is 2.96. The molecule has 0 aliphatic carbocycles. The molecule has 5 heteroatoms. The van der Waals surface area contributed by atoms with Gasteiger partial charge in [-0.25, -0.2) is 4.39 Å². The molecular weight excluding hydrogens is 255 g/mol. The Balaban J connectivity index is 2.11. The van der Waals surface area contributed by atoms with Crippen LogP contribution in [0.5, 0.6) is 0 Å². The summed E-state index contributed by atoms with van der Waals surface area (Å²) in [6, 6.07) is 10.1. The van der Waals surface area contributed by atoms with E-state index in [1.54, 1.807) is 12.3 Å². The van der Waals surface area contributed by atoms with Crippen LogP contribution < -0.4 is 5.73 Å². The molecule has 0 amide bonds. The molecule has 1 heterocycles. The molecule has 2 rings (SSSR count). The minimum Gasteiger partial charge on any atom is -0.384 e. The molecule has 20 heavy (non-hydrogen) atoms. The van der Waals surface area contributed by atoms with Gasteiger partial charge in [0.25, 0.3) is 0 Å². The third-order valence-electron chi connectivity index (χ3n) is 2.96. The first kappa shape index (κ1) is 14.1. The molecule has 2 aromatic rings. The Hall–Kier alpha value is -2.27. The van der Waals surface area contributed by atoms with E-state index in [2.05, 4.69) is 4.98 Å². The Morgan fingerprint density at radius 1 is 1.30 bits per heavy atom. The fraction of sp³-hybridized carbons (Fsp3) is 0.200. The molecule has 1 aromatic carbocycles. The summed E-state index contributed by atoms with van der Waals surface area (Å²) in [5.41, 5.74) is 7.73. The quantitative estimate of drug-likeness (QED) is 0.647. The van der Waals surface area contributed by atoms with Crippen molar-refractivity contribution in [3.8, 4) is 0 Å². The van der Waals surface area contributed by atoms with E-state index in [0.29, 0.717) is 18.7 Å². The molecule has 0 aliphatic heterocycles. The number of hydrogen-bond acceptors (Lipinski definition) is 3. The fourth-order valence-corrected chi connectivity index (χ4v) is 2.05. The van der Waals surface area contributed by atoms with Crippen LogP contribution in [0.3, 0.4) is 0 Å². The summed E-state index contributed by atoms with van der Waals surface area (Å²) in [4.78, 5) is 6.31. The number of nitrogen functional groups attached to an aromatic ring is 1. The highest BCUT2D eigenvalue weighted by molar-refractivity contribution is 5.96. The van der Waals surface area contributed by atoms with Crippen molar-refractivity contribution in [3.05, 3.63) is 65.2 Å². The standard InChI is InChI=1S/C15H17FN4/c1-20(10-13-4-2-3-7-19-13)9-11-5-6-12(16)8-14(11)15(17)18/h2-8H,9-10H2,1H3,(H3,17,18). The zero-order valence-electron chi connectivity index (χ0n) is 11.3. The predicted octanol–water partition coefficient (Wildman–Crippen LogP) is 2.14. The van der Waals surface area contributed by atoms with Gasteiger partial charge in [0, 0.05) is 24.8 Å². The van der Waals surface area contributed by atoms with E-state index in [0.717, 1.165) is 11.3 Å². The molecule has 0 unspecified atom stereocenters. The van der Waals surface area contributed by atoms with Crippen LogP contribution in [-0.4, -0.2) is 22.8 Å². The van der Waals surface area contributed by atoms with E-state index in [1.807, 2.05) is 30.1 Å². The van der Waals surface area contributed by atoms with Gasteiger partial charge in [0.1, 0.15) is 11.7 Å². The minimum atomic E-state index is -0.383. The SMILES string of the molecule is CN(Cc1ccccn1)Cc1ccc(F)cc1C(=N)N. The van der Waals surface area contributed by atoms with E-state index in [4.69, 9.17) is 11.1 Å². The molecule has 1 aromatic heterocycles. The highest BCUT2D eigenvalue weighted by atomic mass is 19.1. The van der Waals surface area contributed by atoms with Crippen molar-refractivity contribution < 1.29 is 4.39 Å². The maximum atomic E-state index is 13.2. The van der Waals surface area contributed by atoms with Gasteiger partial charge in [-0.15, -0.1) is 0 Å². The van der Waals surface area contributed by atoms with Crippen LogP contribution >= 0.6 is 0 Å². The van der Waals surface area contributed by atoms with Crippen molar-refractivity contribution in [1.29, 1.82) is 5.41 Å². The molecule has 0 atom stereocenters. The van der Waals surface area contributed by atoms with E-state index in [1.165, 1.54) is 12.1 Å². The largest absolute Gasteiger partial charge is 0.384 e. The first-order valence-electron chi connectivity index (χ1n) is 6.27. The third kappa shape index (κ3) is 3.61. The molecule has 0 saturated heterocycles. The summed E-state index contributed by atoms with van der Waals surface area (Å²) in [5, 5.41) is 7.52. The van der Waals surface area contributed by atoms with E-state index < -0.39 is 0 Å². The number of nitrogens with one attached hydrogen (secondary N) is 1. The lowest BCUT2D eigenvalue weighted by molar-refractivity contribution is 0.315. The molecule has 0 saturated carbocycles. The first-order valence-corrected chi connectivity index (χ1v) is 6.27. The number of benzene rings is 1. The smallest absolute Gasteiger partial charge is 0.123 e. The molecule has 0 bridgehead atoms. The molecule has 0 fully saturated rings. The normalized spacial score (nSPS) is 10.8. The number of nitrogens with zero attached hydrogens (tertiary/aromatic N) is 2. The van der Waals surface area contributed by atoms with Gasteiger partial charge in [-0.05, 0) is 36.9 Å². The number of hydrogen-bond donors (Lipinski definition) is 2. The number of rotatable bonds is 5. The summed E-state index contributed by atoms with van der Waals surface area (Å²) in [6.45, 7) is 1.25. The number of pyridine rings is 1. The Morgan fingerprint density at radius 2 is 2.10 bits per heavy atom. The van der Waals surface area contributed by atoms with Crippen LogP contribution in [0.2, 0.25) is 0 Å². The highest BCUT2D eigenvalue weighted by Crippen LogP contribution is 2.14. The van der Waals surface area contributed by atoms with Crippen LogP contribution in [-0.2, 0) is 13.1 Å². The summed E-state index contributed by atoms with van der Waals surface area (Å²) in [5.74, 6) is -0.503. The summed E-state index contributed by atoms with van der Waals surface area (Å²) in [6.07, 6.45) is 1.75. The second-order valence-electron chi connectivity index (χ2n) is 4.71. The highest BCUT2D eigenvalue weighted by Gasteiger charge is 2.10. The number of nitrogens with two attached hydrogens (primary N) is 1. The van der Waals surface area contributed by atoms with Gasteiger partial charge in [0.2, 0.25) is 0 Å². The maximum absolute atomic E-state index is 13.2. The van der Waals surface area contributed by atoms with Gasteiger partial charge in [0.15, 0.2) is 0 Å². The topological polar surface area (TPSA) is 66.0 Å². The maximum Gasteiger partial charge on any atom is 0.123 e. The van der Waals surface area contributed by atoms with Gasteiger partial charge in [-0.2, -0.15) is 0 Å². The van der Waals surface area contributed by atoms with Gasteiger partial charge >= 0.3 is 0 Å². The molecule has 3 N–H and O–H groups in total. The Labute approximate surface area is 117 Å². The zero-order valence-corrected chi connectivity index (χ0v) is 11.3. The average Bonchev–Trinajstić information content (AvgIpc) is 2.41. The van der Waals surface area contributed by atoms with Crippen LogP contribution in [0.1, 0.15) is 16.8 Å². The van der Waals surface area contributed by atoms with Crippen LogP contribution in [0, 0.1) is 11.2 Å². The zero-order chi connectivity index (χ0) is 14.5. The summed E-state index contributed by atoms with van der Waals surface area (Å²) < 4.78 is 13.2. The molecule has 0 spiro atoms. The van der Waals surface area contributed by atoms with E-state index >= 15 is 0 Å². The van der Waals surface area contributed by atoms with E-state index in [9.17, 15) is 4.39 Å². The summed E-state index contributed by atoms with van der Waals surface area (Å²) >= 11 is 0. The monoisotopic (exact) mass is 272 g/mol.